The standard InChI is InChI=1S/C12H16BrF2NO/c1-7(2)16-6-8(17)5-9-11(14)4-3-10(13)12(9)15/h3-4,7-8,16-17H,5-6H2,1-2H3. The highest BCUT2D eigenvalue weighted by Crippen LogP contribution is 2.22. The summed E-state index contributed by atoms with van der Waals surface area (Å²) in [6, 6.07) is 2.72. The molecule has 1 atom stereocenters. The molecule has 5 heteroatoms. The van der Waals surface area contributed by atoms with E-state index in [4.69, 9.17) is 0 Å². The minimum absolute atomic E-state index is 0.0448. The van der Waals surface area contributed by atoms with E-state index >= 15 is 0 Å². The van der Waals surface area contributed by atoms with Crippen LogP contribution in [0.3, 0.4) is 0 Å². The van der Waals surface area contributed by atoms with Crippen molar-refractivity contribution in [1.82, 2.24) is 5.32 Å². The molecule has 0 aliphatic rings. The van der Waals surface area contributed by atoms with Crippen LogP contribution < -0.4 is 5.32 Å². The Labute approximate surface area is 108 Å². The van der Waals surface area contributed by atoms with Crippen molar-refractivity contribution in [2.75, 3.05) is 6.54 Å². The van der Waals surface area contributed by atoms with E-state index in [0.29, 0.717) is 6.54 Å². The Morgan fingerprint density at radius 2 is 2.00 bits per heavy atom. The molecule has 1 aromatic carbocycles. The highest BCUT2D eigenvalue weighted by Gasteiger charge is 2.16. The number of halogens is 3. The molecular weight excluding hydrogens is 292 g/mol. The number of hydrogen-bond acceptors (Lipinski definition) is 2. The van der Waals surface area contributed by atoms with Gasteiger partial charge in [0.2, 0.25) is 0 Å². The summed E-state index contributed by atoms with van der Waals surface area (Å²) in [6.07, 6.45) is -0.854. The van der Waals surface area contributed by atoms with E-state index in [1.165, 1.54) is 12.1 Å². The summed E-state index contributed by atoms with van der Waals surface area (Å²) in [5.41, 5.74) is -0.0857. The molecule has 1 aromatic rings. The second kappa shape index (κ2) is 6.42. The number of hydrogen-bond donors (Lipinski definition) is 2. The zero-order valence-corrected chi connectivity index (χ0v) is 11.4. The van der Waals surface area contributed by atoms with Crippen molar-refractivity contribution in [1.29, 1.82) is 0 Å². The quantitative estimate of drug-likeness (QED) is 0.820. The van der Waals surface area contributed by atoms with Crippen LogP contribution in [0, 0.1) is 11.6 Å². The van der Waals surface area contributed by atoms with Crippen molar-refractivity contribution in [3.05, 3.63) is 33.8 Å². The van der Waals surface area contributed by atoms with Crippen LogP contribution in [0.5, 0.6) is 0 Å². The number of aliphatic hydroxyl groups is 1. The highest BCUT2D eigenvalue weighted by molar-refractivity contribution is 9.10. The highest BCUT2D eigenvalue weighted by atomic mass is 79.9. The van der Waals surface area contributed by atoms with E-state index < -0.39 is 17.7 Å². The van der Waals surface area contributed by atoms with Gasteiger partial charge in [0.05, 0.1) is 10.6 Å². The van der Waals surface area contributed by atoms with Crippen LogP contribution in [0.25, 0.3) is 0 Å². The maximum Gasteiger partial charge on any atom is 0.143 e. The van der Waals surface area contributed by atoms with Gasteiger partial charge in [-0.2, -0.15) is 0 Å². The minimum Gasteiger partial charge on any atom is -0.391 e. The molecule has 0 aliphatic heterocycles. The second-order valence-corrected chi connectivity index (χ2v) is 5.10. The molecule has 0 aliphatic carbocycles. The molecule has 0 saturated heterocycles. The fourth-order valence-corrected chi connectivity index (χ4v) is 1.81. The first-order valence-corrected chi connectivity index (χ1v) is 6.25. The summed E-state index contributed by atoms with van der Waals surface area (Å²) >= 11 is 2.99. The summed E-state index contributed by atoms with van der Waals surface area (Å²) in [6.45, 7) is 4.18. The van der Waals surface area contributed by atoms with Crippen molar-refractivity contribution in [3.8, 4) is 0 Å². The van der Waals surface area contributed by atoms with Gasteiger partial charge in [0.15, 0.2) is 0 Å². The van der Waals surface area contributed by atoms with Crippen LogP contribution in [0.2, 0.25) is 0 Å². The lowest BCUT2D eigenvalue weighted by atomic mass is 10.1. The lowest BCUT2D eigenvalue weighted by Gasteiger charge is -2.15. The second-order valence-electron chi connectivity index (χ2n) is 4.24. The fraction of sp³-hybridized carbons (Fsp3) is 0.500. The van der Waals surface area contributed by atoms with Gasteiger partial charge in [-0.25, -0.2) is 8.78 Å². The molecule has 1 unspecified atom stereocenters. The lowest BCUT2D eigenvalue weighted by molar-refractivity contribution is 0.166. The summed E-state index contributed by atoms with van der Waals surface area (Å²) in [5.74, 6) is -1.28. The van der Waals surface area contributed by atoms with E-state index in [0.717, 1.165) is 0 Å². The van der Waals surface area contributed by atoms with Crippen LogP contribution in [0.15, 0.2) is 16.6 Å². The third-order valence-electron chi connectivity index (χ3n) is 2.34. The van der Waals surface area contributed by atoms with Gasteiger partial charge in [-0.1, -0.05) is 13.8 Å². The Kier molecular flexibility index (Phi) is 5.49. The summed E-state index contributed by atoms with van der Waals surface area (Å²) in [5, 5.41) is 12.7. The zero-order chi connectivity index (χ0) is 13.0. The van der Waals surface area contributed by atoms with E-state index in [1.54, 1.807) is 0 Å². The topological polar surface area (TPSA) is 32.3 Å². The molecule has 2 nitrogen and oxygen atoms in total. The third-order valence-corrected chi connectivity index (χ3v) is 2.95. The molecule has 0 radical (unpaired) electrons. The first kappa shape index (κ1) is 14.5. The van der Waals surface area contributed by atoms with Gasteiger partial charge >= 0.3 is 0 Å². The lowest BCUT2D eigenvalue weighted by Crippen LogP contribution is -2.33. The largest absolute Gasteiger partial charge is 0.391 e. The molecule has 0 bridgehead atoms. The zero-order valence-electron chi connectivity index (χ0n) is 9.80. The minimum atomic E-state index is -0.810. The summed E-state index contributed by atoms with van der Waals surface area (Å²) in [7, 11) is 0. The number of aliphatic hydroxyl groups excluding tert-OH is 1. The van der Waals surface area contributed by atoms with Gasteiger partial charge in [0.25, 0.3) is 0 Å². The van der Waals surface area contributed by atoms with Crippen LogP contribution in [0.4, 0.5) is 8.78 Å². The Morgan fingerprint density at radius 3 is 2.59 bits per heavy atom. The molecule has 0 fully saturated rings. The van der Waals surface area contributed by atoms with Crippen molar-refractivity contribution in [3.63, 3.8) is 0 Å². The Morgan fingerprint density at radius 1 is 1.35 bits per heavy atom. The number of rotatable bonds is 5. The first-order chi connectivity index (χ1) is 7.91. The fourth-order valence-electron chi connectivity index (χ4n) is 1.44. The average molecular weight is 308 g/mol. The molecular formula is C12H16BrF2NO. The predicted molar refractivity (Wildman–Crippen MR) is 66.9 cm³/mol. The molecule has 0 amide bonds. The van der Waals surface area contributed by atoms with Crippen LogP contribution in [0.1, 0.15) is 19.4 Å². The van der Waals surface area contributed by atoms with Crippen molar-refractivity contribution in [2.45, 2.75) is 32.4 Å². The first-order valence-electron chi connectivity index (χ1n) is 5.45. The SMILES string of the molecule is CC(C)NCC(O)Cc1c(F)ccc(Br)c1F. The van der Waals surface area contributed by atoms with Gasteiger partial charge in [-0.3, -0.25) is 0 Å². The molecule has 0 aromatic heterocycles. The van der Waals surface area contributed by atoms with Crippen LogP contribution >= 0.6 is 15.9 Å². The van der Waals surface area contributed by atoms with Gasteiger partial charge in [0, 0.05) is 24.6 Å². The molecule has 1 rings (SSSR count). The summed E-state index contributed by atoms with van der Waals surface area (Å²) in [4.78, 5) is 0. The molecule has 0 heterocycles. The maximum atomic E-state index is 13.6. The van der Waals surface area contributed by atoms with Crippen molar-refractivity contribution < 1.29 is 13.9 Å². The van der Waals surface area contributed by atoms with Crippen molar-refractivity contribution >= 4 is 15.9 Å². The Hall–Kier alpha value is -0.520. The van der Waals surface area contributed by atoms with E-state index in [1.807, 2.05) is 13.8 Å². The molecule has 0 spiro atoms. The van der Waals surface area contributed by atoms with Gasteiger partial charge in [-0.05, 0) is 28.1 Å². The van der Waals surface area contributed by atoms with E-state index in [9.17, 15) is 13.9 Å². The molecule has 0 saturated carbocycles. The number of nitrogens with one attached hydrogen (secondary N) is 1. The van der Waals surface area contributed by atoms with Crippen LogP contribution in [-0.4, -0.2) is 23.8 Å². The Bertz CT molecular complexity index is 385. The molecule has 96 valence electrons. The van der Waals surface area contributed by atoms with Crippen molar-refractivity contribution in [2.24, 2.45) is 0 Å². The van der Waals surface area contributed by atoms with E-state index in [-0.39, 0.29) is 22.5 Å². The third kappa shape index (κ3) is 4.33. The monoisotopic (exact) mass is 307 g/mol. The predicted octanol–water partition coefficient (Wildman–Crippen LogP) is 2.63. The number of benzene rings is 1. The normalized spacial score (nSPS) is 13.1. The van der Waals surface area contributed by atoms with Crippen LogP contribution in [-0.2, 0) is 6.42 Å². The maximum absolute atomic E-state index is 13.6. The van der Waals surface area contributed by atoms with Gasteiger partial charge in [-0.15, -0.1) is 0 Å². The average Bonchev–Trinajstić information content (AvgIpc) is 2.27. The van der Waals surface area contributed by atoms with Gasteiger partial charge in [0.1, 0.15) is 11.6 Å². The molecule has 17 heavy (non-hydrogen) atoms. The smallest absolute Gasteiger partial charge is 0.143 e. The molecule has 2 N–H and O–H groups in total. The Balaban J connectivity index is 2.71. The van der Waals surface area contributed by atoms with Gasteiger partial charge < -0.3 is 10.4 Å². The van der Waals surface area contributed by atoms with E-state index in [2.05, 4.69) is 21.2 Å². The summed E-state index contributed by atoms with van der Waals surface area (Å²) < 4.78 is 27.2.